The highest BCUT2D eigenvalue weighted by Gasteiger charge is 2.09. The Bertz CT molecular complexity index is 614. The number of hydrogen-bond acceptors (Lipinski definition) is 3. The second-order valence-electron chi connectivity index (χ2n) is 4.22. The molecule has 0 amide bonds. The van der Waals surface area contributed by atoms with Crippen molar-refractivity contribution in [3.05, 3.63) is 59.4 Å². The van der Waals surface area contributed by atoms with Crippen LogP contribution in [0.2, 0.25) is 0 Å². The number of aliphatic hydroxyl groups excluding tert-OH is 1. The highest BCUT2D eigenvalue weighted by Crippen LogP contribution is 2.26. The summed E-state index contributed by atoms with van der Waals surface area (Å²) in [5, 5.41) is 8.85. The lowest BCUT2D eigenvalue weighted by Gasteiger charge is -2.11. The summed E-state index contributed by atoms with van der Waals surface area (Å²) in [6, 6.07) is 11.3. The zero-order chi connectivity index (χ0) is 14.5. The topological polar surface area (TPSA) is 55.5 Å². The number of nitrogens with two attached hydrogens (primary N) is 1. The van der Waals surface area contributed by atoms with Crippen LogP contribution in [0, 0.1) is 5.82 Å². The first-order valence-corrected chi connectivity index (χ1v) is 6.48. The lowest BCUT2D eigenvalue weighted by atomic mass is 10.1. The van der Waals surface area contributed by atoms with Crippen molar-refractivity contribution in [2.24, 2.45) is 5.73 Å². The SMILES string of the molecule is NC(=S)c1cc(F)ccc1Oc1ccc(CCO)cc1. The molecule has 0 fully saturated rings. The molecule has 20 heavy (non-hydrogen) atoms. The number of hydrogen-bond donors (Lipinski definition) is 2. The van der Waals surface area contributed by atoms with Gasteiger partial charge in [0.25, 0.3) is 0 Å². The molecule has 2 aromatic carbocycles. The summed E-state index contributed by atoms with van der Waals surface area (Å²) in [6.45, 7) is 0.101. The van der Waals surface area contributed by atoms with E-state index in [1.54, 1.807) is 12.1 Å². The number of benzene rings is 2. The van der Waals surface area contributed by atoms with Crippen molar-refractivity contribution >= 4 is 17.2 Å². The Morgan fingerprint density at radius 3 is 2.50 bits per heavy atom. The summed E-state index contributed by atoms with van der Waals surface area (Å²) >= 11 is 4.88. The molecule has 2 aromatic rings. The Labute approximate surface area is 121 Å². The van der Waals surface area contributed by atoms with Crippen molar-refractivity contribution in [1.29, 1.82) is 0 Å². The molecule has 0 heterocycles. The van der Waals surface area contributed by atoms with Crippen molar-refractivity contribution in [2.75, 3.05) is 6.61 Å². The van der Waals surface area contributed by atoms with Gasteiger partial charge in [0, 0.05) is 6.61 Å². The fraction of sp³-hybridized carbons (Fsp3) is 0.133. The molecule has 0 aliphatic rings. The van der Waals surface area contributed by atoms with E-state index in [1.165, 1.54) is 18.2 Å². The quantitative estimate of drug-likeness (QED) is 0.832. The predicted octanol–water partition coefficient (Wildman–Crippen LogP) is 2.79. The molecular formula is C15H14FNO2S. The molecule has 0 spiro atoms. The van der Waals surface area contributed by atoms with E-state index in [0.717, 1.165) is 5.56 Å². The lowest BCUT2D eigenvalue weighted by Crippen LogP contribution is -2.11. The van der Waals surface area contributed by atoms with Crippen LogP contribution >= 0.6 is 12.2 Å². The van der Waals surface area contributed by atoms with Crippen molar-refractivity contribution in [3.8, 4) is 11.5 Å². The molecule has 0 aliphatic carbocycles. The first-order chi connectivity index (χ1) is 9.60. The molecule has 0 saturated heterocycles. The van der Waals surface area contributed by atoms with Gasteiger partial charge in [-0.15, -0.1) is 0 Å². The van der Waals surface area contributed by atoms with Crippen LogP contribution in [0.25, 0.3) is 0 Å². The Morgan fingerprint density at radius 2 is 1.90 bits per heavy atom. The summed E-state index contributed by atoms with van der Waals surface area (Å²) in [4.78, 5) is 0.0800. The van der Waals surface area contributed by atoms with Crippen molar-refractivity contribution in [2.45, 2.75) is 6.42 Å². The first-order valence-electron chi connectivity index (χ1n) is 6.07. The number of rotatable bonds is 5. The summed E-state index contributed by atoms with van der Waals surface area (Å²) in [6.07, 6.45) is 0.592. The minimum Gasteiger partial charge on any atom is -0.457 e. The summed E-state index contributed by atoms with van der Waals surface area (Å²) in [5.41, 5.74) is 6.93. The van der Waals surface area contributed by atoms with Crippen LogP contribution in [0.15, 0.2) is 42.5 Å². The standard InChI is InChI=1S/C15H14FNO2S/c16-11-3-6-14(13(9-11)15(17)20)19-12-4-1-10(2-5-12)7-8-18/h1-6,9,18H,7-8H2,(H2,17,20). The van der Waals surface area contributed by atoms with Gasteiger partial charge in [-0.2, -0.15) is 0 Å². The van der Waals surface area contributed by atoms with Gasteiger partial charge in [-0.1, -0.05) is 24.4 Å². The molecular weight excluding hydrogens is 277 g/mol. The molecule has 3 N–H and O–H groups in total. The number of halogens is 1. The van der Waals surface area contributed by atoms with Crippen LogP contribution in [-0.4, -0.2) is 16.7 Å². The smallest absolute Gasteiger partial charge is 0.137 e. The average molecular weight is 291 g/mol. The van der Waals surface area contributed by atoms with E-state index in [9.17, 15) is 4.39 Å². The zero-order valence-corrected chi connectivity index (χ0v) is 11.5. The predicted molar refractivity (Wildman–Crippen MR) is 79.6 cm³/mol. The molecule has 104 valence electrons. The monoisotopic (exact) mass is 291 g/mol. The normalized spacial score (nSPS) is 10.3. The first kappa shape index (κ1) is 14.4. The van der Waals surface area contributed by atoms with Gasteiger partial charge in [-0.05, 0) is 42.3 Å². The number of ether oxygens (including phenoxy) is 1. The van der Waals surface area contributed by atoms with Crippen molar-refractivity contribution < 1.29 is 14.2 Å². The Morgan fingerprint density at radius 1 is 1.20 bits per heavy atom. The molecule has 2 rings (SSSR count). The highest BCUT2D eigenvalue weighted by molar-refractivity contribution is 7.80. The fourth-order valence-electron chi connectivity index (χ4n) is 1.76. The van der Waals surface area contributed by atoms with E-state index >= 15 is 0 Å². The zero-order valence-electron chi connectivity index (χ0n) is 10.7. The Kier molecular flexibility index (Phi) is 4.65. The van der Waals surface area contributed by atoms with Gasteiger partial charge in [-0.25, -0.2) is 4.39 Å². The van der Waals surface area contributed by atoms with Crippen molar-refractivity contribution in [3.63, 3.8) is 0 Å². The molecule has 0 aliphatic heterocycles. The number of thiocarbonyl (C=S) groups is 1. The summed E-state index contributed by atoms with van der Waals surface area (Å²) < 4.78 is 18.9. The third-order valence-electron chi connectivity index (χ3n) is 2.76. The second kappa shape index (κ2) is 6.45. The Hall–Kier alpha value is -1.98. The van der Waals surface area contributed by atoms with Crippen LogP contribution in [0.5, 0.6) is 11.5 Å². The highest BCUT2D eigenvalue weighted by atomic mass is 32.1. The number of aliphatic hydroxyl groups is 1. The summed E-state index contributed by atoms with van der Waals surface area (Å²) in [7, 11) is 0. The van der Waals surface area contributed by atoms with Crippen LogP contribution < -0.4 is 10.5 Å². The molecule has 0 aromatic heterocycles. The maximum absolute atomic E-state index is 13.2. The van der Waals surface area contributed by atoms with Gasteiger partial charge < -0.3 is 15.6 Å². The minimum absolute atomic E-state index is 0.0800. The molecule has 0 atom stereocenters. The molecule has 3 nitrogen and oxygen atoms in total. The minimum atomic E-state index is -0.418. The molecule has 0 radical (unpaired) electrons. The largest absolute Gasteiger partial charge is 0.457 e. The maximum atomic E-state index is 13.2. The molecule has 5 heteroatoms. The Balaban J connectivity index is 2.23. The van der Waals surface area contributed by atoms with Crippen LogP contribution in [0.1, 0.15) is 11.1 Å². The van der Waals surface area contributed by atoms with Gasteiger partial charge in [0.15, 0.2) is 0 Å². The van der Waals surface area contributed by atoms with Crippen LogP contribution in [-0.2, 0) is 6.42 Å². The van der Waals surface area contributed by atoms with Gasteiger partial charge in [-0.3, -0.25) is 0 Å². The van der Waals surface area contributed by atoms with Crippen LogP contribution in [0.4, 0.5) is 4.39 Å². The van der Waals surface area contributed by atoms with E-state index in [2.05, 4.69) is 0 Å². The van der Waals surface area contributed by atoms with E-state index in [0.29, 0.717) is 23.5 Å². The maximum Gasteiger partial charge on any atom is 0.137 e. The third-order valence-corrected chi connectivity index (χ3v) is 2.98. The third kappa shape index (κ3) is 3.53. The van der Waals surface area contributed by atoms with E-state index < -0.39 is 5.82 Å². The molecule has 0 saturated carbocycles. The molecule has 0 unspecified atom stereocenters. The van der Waals surface area contributed by atoms with Gasteiger partial charge >= 0.3 is 0 Å². The van der Waals surface area contributed by atoms with Gasteiger partial charge in [0.2, 0.25) is 0 Å². The van der Waals surface area contributed by atoms with E-state index in [1.807, 2.05) is 12.1 Å². The average Bonchev–Trinajstić information content (AvgIpc) is 2.43. The molecule has 0 bridgehead atoms. The van der Waals surface area contributed by atoms with Crippen LogP contribution in [0.3, 0.4) is 0 Å². The fourth-order valence-corrected chi connectivity index (χ4v) is 1.92. The van der Waals surface area contributed by atoms with E-state index in [4.69, 9.17) is 27.8 Å². The summed E-state index contributed by atoms with van der Waals surface area (Å²) in [5.74, 6) is 0.586. The lowest BCUT2D eigenvalue weighted by molar-refractivity contribution is 0.299. The van der Waals surface area contributed by atoms with Gasteiger partial charge in [0.1, 0.15) is 22.3 Å². The second-order valence-corrected chi connectivity index (χ2v) is 4.66. The van der Waals surface area contributed by atoms with Crippen molar-refractivity contribution in [1.82, 2.24) is 0 Å². The van der Waals surface area contributed by atoms with Gasteiger partial charge in [0.05, 0.1) is 5.56 Å². The van der Waals surface area contributed by atoms with E-state index in [-0.39, 0.29) is 11.6 Å².